The van der Waals surface area contributed by atoms with Gasteiger partial charge in [0.15, 0.2) is 0 Å². The quantitative estimate of drug-likeness (QED) is 0.0280. The Labute approximate surface area is 407 Å². The third-order valence-electron chi connectivity index (χ3n) is 12.4. The Hall–Kier alpha value is -5.23. The fourth-order valence-corrected chi connectivity index (χ4v) is 8.05. The van der Waals surface area contributed by atoms with Gasteiger partial charge in [-0.25, -0.2) is 9.59 Å². The Bertz CT molecular complexity index is 1620. The van der Waals surface area contributed by atoms with Gasteiger partial charge in [0.1, 0.15) is 29.4 Å². The molecule has 0 saturated heterocycles. The van der Waals surface area contributed by atoms with E-state index < -0.39 is 103 Å². The molecule has 394 valence electrons. The summed E-state index contributed by atoms with van der Waals surface area (Å²) in [5, 5.41) is 54.5. The molecule has 0 aliphatic rings. The third kappa shape index (κ3) is 34.7. The van der Waals surface area contributed by atoms with Crippen molar-refractivity contribution in [1.82, 2.24) is 16.0 Å². The number of unbranched alkanes of at least 4 members (excludes halogenated alkanes) is 14. The van der Waals surface area contributed by atoms with Gasteiger partial charge in [-0.15, -0.1) is 0 Å². The van der Waals surface area contributed by atoms with Crippen LogP contribution in [0, 0.1) is 17.8 Å². The summed E-state index contributed by atoms with van der Waals surface area (Å²) < 4.78 is 0. The van der Waals surface area contributed by atoms with Crippen LogP contribution in [0.4, 0.5) is 0 Å². The lowest BCUT2D eigenvalue weighted by Gasteiger charge is -2.17. The minimum atomic E-state index is -1.55. The lowest BCUT2D eigenvalue weighted by Crippen LogP contribution is -2.42. The molecule has 0 unspecified atom stereocenters. The minimum absolute atomic E-state index is 0.0113. The molecule has 0 aromatic rings. The van der Waals surface area contributed by atoms with Gasteiger partial charge in [-0.2, -0.15) is 0 Å². The molecule has 8 N–H and O–H groups in total. The molecule has 0 aliphatic heterocycles. The number of carboxylic acid groups (broad SMARTS) is 5. The maximum Gasteiger partial charge on any atom is 0.326 e. The first-order valence-corrected chi connectivity index (χ1v) is 25.3. The fourth-order valence-electron chi connectivity index (χ4n) is 8.05. The Morgan fingerprint density at radius 3 is 1.16 bits per heavy atom. The number of ketones is 3. The minimum Gasteiger partial charge on any atom is -0.481 e. The Morgan fingerprint density at radius 2 is 0.768 bits per heavy atom. The van der Waals surface area contributed by atoms with Crippen molar-refractivity contribution in [2.75, 3.05) is 6.54 Å². The predicted octanol–water partition coefficient (Wildman–Crippen LogP) is 7.18. The number of aliphatic carboxylic acids is 5. The summed E-state index contributed by atoms with van der Waals surface area (Å²) in [5.41, 5.74) is 0. The highest BCUT2D eigenvalue weighted by molar-refractivity contribution is 5.88. The van der Waals surface area contributed by atoms with Crippen LogP contribution >= 0.6 is 0 Å². The molecule has 0 aliphatic carbocycles. The van der Waals surface area contributed by atoms with Gasteiger partial charge in [0.2, 0.25) is 17.7 Å². The zero-order valence-corrected chi connectivity index (χ0v) is 41.2. The number of carbonyl (C=O) groups is 11. The highest BCUT2D eigenvalue weighted by Gasteiger charge is 2.28. The molecular formula is C50H83N3O16. The number of amides is 3. The summed E-state index contributed by atoms with van der Waals surface area (Å²) in [4.78, 5) is 133. The number of Topliss-reactive ketones (excluding diaryl/α,β-unsaturated/α-hetero) is 3. The van der Waals surface area contributed by atoms with Crippen LogP contribution in [0.15, 0.2) is 0 Å². The first-order valence-electron chi connectivity index (χ1n) is 25.3. The molecule has 5 atom stereocenters. The van der Waals surface area contributed by atoms with E-state index in [9.17, 15) is 73.2 Å². The maximum absolute atomic E-state index is 12.7. The highest BCUT2D eigenvalue weighted by Crippen LogP contribution is 2.19. The second-order valence-corrected chi connectivity index (χ2v) is 18.2. The topological polar surface area (TPSA) is 325 Å². The second kappa shape index (κ2) is 39.6. The Kier molecular flexibility index (Phi) is 36.6. The molecule has 0 saturated carbocycles. The number of hydrogen-bond acceptors (Lipinski definition) is 11. The van der Waals surface area contributed by atoms with Crippen LogP contribution in [-0.4, -0.2) is 109 Å². The SMILES string of the molecule is CCC(=O)[C@@H](CC)CCCCNC(=O)CC[C@H](NC(=O)CC[C@H](CC(=O)CC[C@H](NC(=O)CC[C@H](CC(=O)CCCCCCCCCCCCCCCCC(=O)O)C(=O)O)C(=O)O)C(=O)O)C(=O)O. The zero-order valence-electron chi connectivity index (χ0n) is 41.2. The van der Waals surface area contributed by atoms with Crippen LogP contribution in [0.5, 0.6) is 0 Å². The van der Waals surface area contributed by atoms with E-state index >= 15 is 0 Å². The third-order valence-corrected chi connectivity index (χ3v) is 12.4. The van der Waals surface area contributed by atoms with Crippen LogP contribution in [0.1, 0.15) is 213 Å². The number of nitrogens with one attached hydrogen (secondary N) is 3. The second-order valence-electron chi connectivity index (χ2n) is 18.2. The Balaban J connectivity index is 4.58. The van der Waals surface area contributed by atoms with Gasteiger partial charge in [-0.05, 0) is 57.8 Å². The van der Waals surface area contributed by atoms with Gasteiger partial charge < -0.3 is 41.5 Å². The molecule has 0 heterocycles. The summed E-state index contributed by atoms with van der Waals surface area (Å²) in [6.45, 7) is 4.11. The number of carbonyl (C=O) groups excluding carboxylic acids is 6. The molecule has 19 heteroatoms. The van der Waals surface area contributed by atoms with Crippen LogP contribution in [0.2, 0.25) is 0 Å². The van der Waals surface area contributed by atoms with Gasteiger partial charge in [0.05, 0.1) is 11.8 Å². The monoisotopic (exact) mass is 982 g/mol. The normalized spacial score (nSPS) is 13.2. The summed E-state index contributed by atoms with van der Waals surface area (Å²) in [5.74, 6) is -11.5. The van der Waals surface area contributed by atoms with E-state index in [0.29, 0.717) is 32.2 Å². The lowest BCUT2D eigenvalue weighted by atomic mass is 9.93. The smallest absolute Gasteiger partial charge is 0.326 e. The number of hydrogen-bond donors (Lipinski definition) is 8. The summed E-state index contributed by atoms with van der Waals surface area (Å²) in [6, 6.07) is -2.99. The van der Waals surface area contributed by atoms with Crippen LogP contribution < -0.4 is 16.0 Å². The number of carboxylic acids is 5. The molecule has 0 bridgehead atoms. The zero-order chi connectivity index (χ0) is 52.0. The molecular weight excluding hydrogens is 899 g/mol. The van der Waals surface area contributed by atoms with E-state index in [1.807, 2.05) is 13.8 Å². The van der Waals surface area contributed by atoms with Gasteiger partial charge in [-0.3, -0.25) is 43.2 Å². The van der Waals surface area contributed by atoms with Gasteiger partial charge in [0, 0.05) is 70.3 Å². The summed E-state index contributed by atoms with van der Waals surface area (Å²) in [6.07, 6.45) is 14.6. The van der Waals surface area contributed by atoms with Crippen molar-refractivity contribution in [3.05, 3.63) is 0 Å². The fraction of sp³-hybridized carbons (Fsp3) is 0.780. The lowest BCUT2D eigenvalue weighted by molar-refractivity contribution is -0.145. The van der Waals surface area contributed by atoms with E-state index in [1.165, 1.54) is 25.7 Å². The van der Waals surface area contributed by atoms with E-state index in [2.05, 4.69) is 16.0 Å². The highest BCUT2D eigenvalue weighted by atomic mass is 16.4. The van der Waals surface area contributed by atoms with Crippen molar-refractivity contribution in [3.63, 3.8) is 0 Å². The van der Waals surface area contributed by atoms with E-state index in [-0.39, 0.29) is 68.9 Å². The van der Waals surface area contributed by atoms with E-state index in [4.69, 9.17) is 5.11 Å². The van der Waals surface area contributed by atoms with Crippen molar-refractivity contribution in [3.8, 4) is 0 Å². The average molecular weight is 982 g/mol. The molecule has 0 radical (unpaired) electrons. The summed E-state index contributed by atoms with van der Waals surface area (Å²) >= 11 is 0. The first-order chi connectivity index (χ1) is 32.8. The van der Waals surface area contributed by atoms with Crippen molar-refractivity contribution >= 4 is 64.9 Å². The van der Waals surface area contributed by atoms with Crippen LogP contribution in [0.25, 0.3) is 0 Å². The van der Waals surface area contributed by atoms with Crippen molar-refractivity contribution < 1.29 is 78.3 Å². The molecule has 0 fully saturated rings. The maximum atomic E-state index is 12.7. The number of rotatable bonds is 47. The molecule has 0 rings (SSSR count). The van der Waals surface area contributed by atoms with E-state index in [1.54, 1.807) is 0 Å². The molecule has 0 aromatic carbocycles. The standard InChI is InChI=1S/C50H83N3O16/c1-3-35(42(56)4-2)21-19-20-32-51-43(57)31-28-41(50(68)69)53-45(59)30-25-37(48(64)65)34-39(55)26-27-40(49(66)67)52-44(58)29-24-36(47(62)63)33-38(54)22-17-15-13-11-9-7-5-6-8-10-12-14-16-18-23-46(60)61/h35-37,40-41H,3-34H2,1-2H3,(H,51,57)(H,52,58)(H,53,59)(H,60,61)(H,62,63)(H,64,65)(H,66,67)(H,68,69)/t35-,36+,37+,40-,41-/m0/s1. The van der Waals surface area contributed by atoms with Crippen LogP contribution in [0.3, 0.4) is 0 Å². The molecule has 0 spiro atoms. The first kappa shape index (κ1) is 63.8. The summed E-state index contributed by atoms with van der Waals surface area (Å²) in [7, 11) is 0. The predicted molar refractivity (Wildman–Crippen MR) is 255 cm³/mol. The van der Waals surface area contributed by atoms with Crippen molar-refractivity contribution in [1.29, 1.82) is 0 Å². The van der Waals surface area contributed by atoms with Gasteiger partial charge >= 0.3 is 29.8 Å². The van der Waals surface area contributed by atoms with Gasteiger partial charge in [0.25, 0.3) is 0 Å². The Morgan fingerprint density at radius 1 is 0.377 bits per heavy atom. The molecule has 3 amide bonds. The van der Waals surface area contributed by atoms with Crippen molar-refractivity contribution in [2.45, 2.75) is 225 Å². The average Bonchev–Trinajstić information content (AvgIpc) is 3.29. The molecule has 69 heavy (non-hydrogen) atoms. The van der Waals surface area contributed by atoms with Crippen LogP contribution in [-0.2, 0) is 52.7 Å². The van der Waals surface area contributed by atoms with E-state index in [0.717, 1.165) is 70.6 Å². The largest absolute Gasteiger partial charge is 0.481 e. The van der Waals surface area contributed by atoms with Gasteiger partial charge in [-0.1, -0.05) is 97.3 Å². The molecule has 0 aromatic heterocycles. The van der Waals surface area contributed by atoms with Crippen molar-refractivity contribution in [2.24, 2.45) is 17.8 Å². The molecule has 19 nitrogen and oxygen atoms in total.